The fraction of sp³-hybridized carbons (Fsp3) is 0.571. The first-order chi connectivity index (χ1) is 6.34. The molecule has 0 aromatic heterocycles. The van der Waals surface area contributed by atoms with Crippen LogP contribution in [0.25, 0.3) is 0 Å². The Morgan fingerprint density at radius 3 is 1.79 bits per heavy atom. The molecule has 5 N–H and O–H groups in total. The molecular formula is C7H13N3O4. The minimum absolute atomic E-state index is 0.309. The van der Waals surface area contributed by atoms with Gasteiger partial charge in [-0.25, -0.2) is 0 Å². The van der Waals surface area contributed by atoms with Crippen molar-refractivity contribution in [2.75, 3.05) is 13.1 Å². The molecule has 0 aliphatic rings. The Labute approximate surface area is 80.6 Å². The number of rotatable bonds is 6. The molecule has 80 valence electrons. The summed E-state index contributed by atoms with van der Waals surface area (Å²) in [7, 11) is 0. The molecule has 0 radical (unpaired) electrons. The van der Waals surface area contributed by atoms with Crippen LogP contribution in [0.4, 0.5) is 0 Å². The molecule has 0 aromatic rings. The maximum atomic E-state index is 10.6. The van der Waals surface area contributed by atoms with Crippen molar-refractivity contribution in [1.29, 1.82) is 0 Å². The summed E-state index contributed by atoms with van der Waals surface area (Å²) in [5.74, 6) is -2.56. The van der Waals surface area contributed by atoms with E-state index in [0.717, 1.165) is 4.90 Å². The van der Waals surface area contributed by atoms with Gasteiger partial charge in [0.05, 0.1) is 13.1 Å². The summed E-state index contributed by atoms with van der Waals surface area (Å²) in [5.41, 5.74) is 9.76. The van der Waals surface area contributed by atoms with Crippen LogP contribution in [0.2, 0.25) is 0 Å². The Morgan fingerprint density at radius 2 is 1.57 bits per heavy atom. The molecule has 0 spiro atoms. The molecule has 0 bridgehead atoms. The summed E-state index contributed by atoms with van der Waals surface area (Å²) in [6.45, 7) is 0.723. The van der Waals surface area contributed by atoms with Gasteiger partial charge in [0.1, 0.15) is 6.04 Å². The van der Waals surface area contributed by atoms with E-state index in [1.54, 1.807) is 0 Å². The second-order valence-electron chi connectivity index (χ2n) is 2.85. The van der Waals surface area contributed by atoms with Gasteiger partial charge in [0.15, 0.2) is 0 Å². The summed E-state index contributed by atoms with van der Waals surface area (Å²) >= 11 is 0. The van der Waals surface area contributed by atoms with Gasteiger partial charge < -0.3 is 16.6 Å². The number of carboxylic acids is 1. The van der Waals surface area contributed by atoms with E-state index < -0.39 is 23.8 Å². The lowest BCUT2D eigenvalue weighted by atomic mass is 10.2. The van der Waals surface area contributed by atoms with Crippen molar-refractivity contribution in [2.45, 2.75) is 13.0 Å². The highest BCUT2D eigenvalue weighted by Gasteiger charge is 2.23. The highest BCUT2D eigenvalue weighted by atomic mass is 16.4. The lowest BCUT2D eigenvalue weighted by molar-refractivity contribution is -0.143. The molecule has 0 fully saturated rings. The van der Waals surface area contributed by atoms with Crippen LogP contribution in [0.1, 0.15) is 6.92 Å². The molecule has 0 aromatic carbocycles. The number of primary amides is 2. The van der Waals surface area contributed by atoms with E-state index in [9.17, 15) is 14.4 Å². The maximum Gasteiger partial charge on any atom is 0.320 e. The number of carbonyl (C=O) groups excluding carboxylic acids is 2. The third-order valence-electron chi connectivity index (χ3n) is 1.62. The topological polar surface area (TPSA) is 127 Å². The number of nitrogens with two attached hydrogens (primary N) is 2. The summed E-state index contributed by atoms with van der Waals surface area (Å²) in [5, 5.41) is 8.63. The van der Waals surface area contributed by atoms with Crippen molar-refractivity contribution in [2.24, 2.45) is 11.5 Å². The van der Waals surface area contributed by atoms with Crippen LogP contribution >= 0.6 is 0 Å². The Bertz CT molecular complexity index is 237. The van der Waals surface area contributed by atoms with E-state index in [-0.39, 0.29) is 13.1 Å². The third-order valence-corrected chi connectivity index (χ3v) is 1.62. The SMILES string of the molecule is C[C@H](C(=O)O)N(CC(N)=O)CC(N)=O. The van der Waals surface area contributed by atoms with E-state index in [0.29, 0.717) is 0 Å². The highest BCUT2D eigenvalue weighted by Crippen LogP contribution is 1.97. The van der Waals surface area contributed by atoms with Crippen molar-refractivity contribution < 1.29 is 19.5 Å². The lowest BCUT2D eigenvalue weighted by Crippen LogP contribution is -2.47. The highest BCUT2D eigenvalue weighted by molar-refractivity contribution is 5.81. The zero-order valence-electron chi connectivity index (χ0n) is 7.77. The number of carbonyl (C=O) groups is 3. The minimum atomic E-state index is -1.15. The molecule has 0 rings (SSSR count). The largest absolute Gasteiger partial charge is 0.480 e. The number of hydrogen-bond acceptors (Lipinski definition) is 4. The van der Waals surface area contributed by atoms with Crippen molar-refractivity contribution in [3.8, 4) is 0 Å². The molecule has 0 saturated carbocycles. The van der Waals surface area contributed by atoms with Gasteiger partial charge in [0.2, 0.25) is 11.8 Å². The van der Waals surface area contributed by atoms with Crippen LogP contribution in [-0.2, 0) is 14.4 Å². The molecule has 7 nitrogen and oxygen atoms in total. The first-order valence-corrected chi connectivity index (χ1v) is 3.88. The van der Waals surface area contributed by atoms with E-state index in [1.165, 1.54) is 6.92 Å². The average Bonchev–Trinajstić information content (AvgIpc) is 1.99. The predicted molar refractivity (Wildman–Crippen MR) is 47.1 cm³/mol. The summed E-state index contributed by atoms with van der Waals surface area (Å²) in [6.07, 6.45) is 0. The molecule has 0 unspecified atom stereocenters. The molecule has 0 saturated heterocycles. The van der Waals surface area contributed by atoms with Gasteiger partial charge in [0.25, 0.3) is 0 Å². The third kappa shape index (κ3) is 4.41. The van der Waals surface area contributed by atoms with Crippen molar-refractivity contribution in [1.82, 2.24) is 4.90 Å². The Hall–Kier alpha value is -1.63. The minimum Gasteiger partial charge on any atom is -0.480 e. The smallest absolute Gasteiger partial charge is 0.320 e. The zero-order valence-corrected chi connectivity index (χ0v) is 7.77. The molecule has 7 heteroatoms. The van der Waals surface area contributed by atoms with E-state index in [2.05, 4.69) is 0 Å². The predicted octanol–water partition coefficient (Wildman–Crippen LogP) is -2.27. The fourth-order valence-electron chi connectivity index (χ4n) is 0.886. The normalized spacial score (nSPS) is 12.4. The number of hydrogen-bond donors (Lipinski definition) is 3. The Morgan fingerprint density at radius 1 is 1.21 bits per heavy atom. The summed E-state index contributed by atoms with van der Waals surface area (Å²) in [6, 6.07) is -0.977. The van der Waals surface area contributed by atoms with Gasteiger partial charge in [-0.15, -0.1) is 0 Å². The molecule has 2 amide bonds. The number of nitrogens with zero attached hydrogens (tertiary/aromatic N) is 1. The zero-order chi connectivity index (χ0) is 11.3. The monoisotopic (exact) mass is 203 g/mol. The van der Waals surface area contributed by atoms with Gasteiger partial charge in [-0.1, -0.05) is 0 Å². The van der Waals surface area contributed by atoms with Crippen molar-refractivity contribution in [3.63, 3.8) is 0 Å². The van der Waals surface area contributed by atoms with Crippen LogP contribution in [0.3, 0.4) is 0 Å². The van der Waals surface area contributed by atoms with Crippen LogP contribution in [0, 0.1) is 0 Å². The fourth-order valence-corrected chi connectivity index (χ4v) is 0.886. The van der Waals surface area contributed by atoms with Gasteiger partial charge in [0, 0.05) is 0 Å². The molecule has 0 heterocycles. The van der Waals surface area contributed by atoms with E-state index in [1.807, 2.05) is 0 Å². The second-order valence-corrected chi connectivity index (χ2v) is 2.85. The molecule has 0 aliphatic carbocycles. The average molecular weight is 203 g/mol. The Kier molecular flexibility index (Phi) is 4.57. The van der Waals surface area contributed by atoms with Crippen LogP contribution in [-0.4, -0.2) is 46.9 Å². The van der Waals surface area contributed by atoms with Gasteiger partial charge in [-0.2, -0.15) is 0 Å². The molecule has 0 aliphatic heterocycles. The lowest BCUT2D eigenvalue weighted by Gasteiger charge is -2.22. The quantitative estimate of drug-likeness (QED) is 0.448. The number of carboxylic acid groups (broad SMARTS) is 1. The molecule has 14 heavy (non-hydrogen) atoms. The van der Waals surface area contributed by atoms with Gasteiger partial charge >= 0.3 is 5.97 Å². The second kappa shape index (κ2) is 5.18. The van der Waals surface area contributed by atoms with Crippen LogP contribution in [0.5, 0.6) is 0 Å². The summed E-state index contributed by atoms with van der Waals surface area (Å²) < 4.78 is 0. The first kappa shape index (κ1) is 12.4. The number of amides is 2. The maximum absolute atomic E-state index is 10.6. The Balaban J connectivity index is 4.45. The van der Waals surface area contributed by atoms with Crippen molar-refractivity contribution >= 4 is 17.8 Å². The van der Waals surface area contributed by atoms with Crippen molar-refractivity contribution in [3.05, 3.63) is 0 Å². The molecule has 1 atom stereocenters. The van der Waals surface area contributed by atoms with Gasteiger partial charge in [-0.05, 0) is 6.92 Å². The standard InChI is InChI=1S/C7H13N3O4/c1-4(7(13)14)10(2-5(8)11)3-6(9)12/h4H,2-3H2,1H3,(H2,8,11)(H2,9,12)(H,13,14)/t4-/m1/s1. The van der Waals surface area contributed by atoms with E-state index in [4.69, 9.17) is 16.6 Å². The van der Waals surface area contributed by atoms with E-state index >= 15 is 0 Å². The first-order valence-electron chi connectivity index (χ1n) is 3.88. The molecular weight excluding hydrogens is 190 g/mol. The van der Waals surface area contributed by atoms with Crippen LogP contribution in [0.15, 0.2) is 0 Å². The van der Waals surface area contributed by atoms with Gasteiger partial charge in [-0.3, -0.25) is 19.3 Å². The number of aliphatic carboxylic acids is 1. The summed E-state index contributed by atoms with van der Waals surface area (Å²) in [4.78, 5) is 32.8. The van der Waals surface area contributed by atoms with Crippen LogP contribution < -0.4 is 11.5 Å².